The van der Waals surface area contributed by atoms with Crippen LogP contribution in [0.5, 0.6) is 0 Å². The van der Waals surface area contributed by atoms with E-state index in [0.717, 1.165) is 9.87 Å². The Bertz CT molecular complexity index is 1170. The predicted molar refractivity (Wildman–Crippen MR) is 117 cm³/mol. The number of sulfonamides is 1. The normalized spacial score (nSPS) is 11.2. The maximum absolute atomic E-state index is 13.3. The molecule has 0 aliphatic rings. The summed E-state index contributed by atoms with van der Waals surface area (Å²) in [5.74, 6) is -1.06. The average molecular weight is 467 g/mol. The Balaban J connectivity index is 1.96. The molecule has 0 atom stereocenters. The van der Waals surface area contributed by atoms with Crippen molar-refractivity contribution in [2.24, 2.45) is 0 Å². The molecule has 0 saturated carbocycles. The molecule has 3 aromatic rings. The maximum atomic E-state index is 13.3. The molecule has 0 radical (unpaired) electrons. The second-order valence-electron chi connectivity index (χ2n) is 6.48. The highest BCUT2D eigenvalue weighted by atomic mass is 35.5. The second-order valence-corrected chi connectivity index (χ2v) is 9.15. The van der Waals surface area contributed by atoms with Crippen molar-refractivity contribution in [3.05, 3.63) is 88.2 Å². The Hall–Kier alpha value is -2.61. The smallest absolute Gasteiger partial charge is 0.264 e. The largest absolute Gasteiger partial charge is 0.325 e. The third kappa shape index (κ3) is 5.11. The monoisotopic (exact) mass is 466 g/mol. The molecule has 1 amide bonds. The molecule has 1 N–H and O–H groups in total. The highest BCUT2D eigenvalue weighted by Crippen LogP contribution is 2.30. The van der Waals surface area contributed by atoms with Gasteiger partial charge in [-0.2, -0.15) is 0 Å². The van der Waals surface area contributed by atoms with Gasteiger partial charge in [-0.05, 0) is 61.5 Å². The van der Waals surface area contributed by atoms with Gasteiger partial charge in [-0.15, -0.1) is 0 Å². The van der Waals surface area contributed by atoms with Gasteiger partial charge in [0.1, 0.15) is 12.4 Å². The van der Waals surface area contributed by atoms with Gasteiger partial charge in [0.05, 0.1) is 20.6 Å². The lowest BCUT2D eigenvalue weighted by Crippen LogP contribution is -2.38. The van der Waals surface area contributed by atoms with Crippen molar-refractivity contribution >= 4 is 50.5 Å². The number of rotatable bonds is 6. The van der Waals surface area contributed by atoms with Crippen LogP contribution in [-0.2, 0) is 14.8 Å². The Morgan fingerprint density at radius 2 is 1.60 bits per heavy atom. The number of halogens is 3. The molecule has 0 aromatic heterocycles. The van der Waals surface area contributed by atoms with Crippen LogP contribution in [0.2, 0.25) is 10.0 Å². The van der Waals surface area contributed by atoms with Crippen LogP contribution in [0.3, 0.4) is 0 Å². The first-order valence-corrected chi connectivity index (χ1v) is 11.0. The number of nitrogens with zero attached hydrogens (tertiary/aromatic N) is 1. The fraction of sp³-hybridized carbons (Fsp3) is 0.0952. The van der Waals surface area contributed by atoms with Gasteiger partial charge in [-0.3, -0.25) is 9.10 Å². The van der Waals surface area contributed by atoms with Crippen LogP contribution in [-0.4, -0.2) is 20.9 Å². The van der Waals surface area contributed by atoms with Gasteiger partial charge in [0, 0.05) is 5.69 Å². The SMILES string of the molecule is Cc1ccc(S(=O)(=O)N(CC(=O)Nc2ccc(F)cc2)c2ccc(Cl)c(Cl)c2)cc1. The predicted octanol–water partition coefficient (Wildman–Crippen LogP) is 5.27. The summed E-state index contributed by atoms with van der Waals surface area (Å²) < 4.78 is 40.6. The van der Waals surface area contributed by atoms with Gasteiger partial charge in [-0.1, -0.05) is 40.9 Å². The highest BCUT2D eigenvalue weighted by Gasteiger charge is 2.27. The van der Waals surface area contributed by atoms with Crippen LogP contribution in [0, 0.1) is 12.7 Å². The Morgan fingerprint density at radius 3 is 2.20 bits per heavy atom. The lowest BCUT2D eigenvalue weighted by Gasteiger charge is -2.24. The maximum Gasteiger partial charge on any atom is 0.264 e. The molecule has 30 heavy (non-hydrogen) atoms. The lowest BCUT2D eigenvalue weighted by molar-refractivity contribution is -0.114. The first-order chi connectivity index (χ1) is 14.2. The number of nitrogens with one attached hydrogen (secondary N) is 1. The topological polar surface area (TPSA) is 66.5 Å². The Morgan fingerprint density at radius 1 is 0.967 bits per heavy atom. The molecule has 0 heterocycles. The van der Waals surface area contributed by atoms with Gasteiger partial charge in [0.15, 0.2) is 0 Å². The van der Waals surface area contributed by atoms with Crippen LogP contribution >= 0.6 is 23.2 Å². The third-order valence-corrected chi connectivity index (χ3v) is 6.74. The zero-order valence-electron chi connectivity index (χ0n) is 15.8. The first kappa shape index (κ1) is 22.1. The number of hydrogen-bond donors (Lipinski definition) is 1. The van der Waals surface area contributed by atoms with Gasteiger partial charge in [0.25, 0.3) is 10.0 Å². The van der Waals surface area contributed by atoms with Crippen molar-refractivity contribution in [1.29, 1.82) is 0 Å². The fourth-order valence-electron chi connectivity index (χ4n) is 2.66. The number of carbonyl (C=O) groups excluding carboxylic acids is 1. The molecule has 0 aliphatic heterocycles. The summed E-state index contributed by atoms with van der Waals surface area (Å²) in [5, 5.41) is 2.96. The van der Waals surface area contributed by atoms with E-state index in [-0.39, 0.29) is 20.6 Å². The molecule has 0 aliphatic carbocycles. The van der Waals surface area contributed by atoms with E-state index in [1.165, 1.54) is 54.6 Å². The zero-order valence-corrected chi connectivity index (χ0v) is 18.1. The van der Waals surface area contributed by atoms with Crippen molar-refractivity contribution < 1.29 is 17.6 Å². The standard InChI is InChI=1S/C21H17Cl2FN2O3S/c1-14-2-9-18(10-3-14)30(28,29)26(17-8-11-19(22)20(23)12-17)13-21(27)25-16-6-4-15(24)5-7-16/h2-12H,13H2,1H3,(H,25,27). The average Bonchev–Trinajstić information content (AvgIpc) is 2.70. The molecular formula is C21H17Cl2FN2O3S. The van der Waals surface area contributed by atoms with Crippen LogP contribution in [0.25, 0.3) is 0 Å². The molecule has 9 heteroatoms. The van der Waals surface area contributed by atoms with Gasteiger partial charge in [-0.25, -0.2) is 12.8 Å². The van der Waals surface area contributed by atoms with Crippen molar-refractivity contribution in [3.8, 4) is 0 Å². The van der Waals surface area contributed by atoms with Gasteiger partial charge >= 0.3 is 0 Å². The van der Waals surface area contributed by atoms with Crippen LogP contribution in [0.4, 0.5) is 15.8 Å². The number of amides is 1. The first-order valence-electron chi connectivity index (χ1n) is 8.77. The van der Waals surface area contributed by atoms with Crippen molar-refractivity contribution in [1.82, 2.24) is 0 Å². The molecule has 3 aromatic carbocycles. The number of anilines is 2. The molecule has 0 spiro atoms. The van der Waals surface area contributed by atoms with Crippen molar-refractivity contribution in [2.75, 3.05) is 16.2 Å². The van der Waals surface area contributed by atoms with E-state index in [0.29, 0.717) is 5.69 Å². The van der Waals surface area contributed by atoms with Crippen molar-refractivity contribution in [2.45, 2.75) is 11.8 Å². The van der Waals surface area contributed by atoms with E-state index >= 15 is 0 Å². The summed E-state index contributed by atoms with van der Waals surface area (Å²) in [4.78, 5) is 12.6. The summed E-state index contributed by atoms with van der Waals surface area (Å²) in [6.45, 7) is 1.31. The van der Waals surface area contributed by atoms with E-state index in [4.69, 9.17) is 23.2 Å². The summed E-state index contributed by atoms with van der Waals surface area (Å²) in [6.07, 6.45) is 0. The van der Waals surface area contributed by atoms with E-state index in [1.807, 2.05) is 6.92 Å². The van der Waals surface area contributed by atoms with E-state index in [2.05, 4.69) is 5.32 Å². The van der Waals surface area contributed by atoms with Gasteiger partial charge in [0.2, 0.25) is 5.91 Å². The number of carbonyl (C=O) groups is 1. The molecule has 0 fully saturated rings. The fourth-order valence-corrected chi connectivity index (χ4v) is 4.36. The Kier molecular flexibility index (Phi) is 6.65. The summed E-state index contributed by atoms with van der Waals surface area (Å²) in [6, 6.07) is 15.7. The van der Waals surface area contributed by atoms with Crippen LogP contribution in [0.1, 0.15) is 5.56 Å². The minimum absolute atomic E-state index is 0.0220. The molecular weight excluding hydrogens is 450 g/mol. The quantitative estimate of drug-likeness (QED) is 0.537. The van der Waals surface area contributed by atoms with E-state index in [1.54, 1.807) is 12.1 Å². The minimum Gasteiger partial charge on any atom is -0.325 e. The number of hydrogen-bond acceptors (Lipinski definition) is 3. The van der Waals surface area contributed by atoms with E-state index in [9.17, 15) is 17.6 Å². The molecule has 0 bridgehead atoms. The molecule has 156 valence electrons. The zero-order chi connectivity index (χ0) is 21.9. The lowest BCUT2D eigenvalue weighted by atomic mass is 10.2. The molecule has 0 saturated heterocycles. The highest BCUT2D eigenvalue weighted by molar-refractivity contribution is 7.92. The third-order valence-electron chi connectivity index (χ3n) is 4.22. The molecule has 0 unspecified atom stereocenters. The minimum atomic E-state index is -4.08. The summed E-state index contributed by atoms with van der Waals surface area (Å²) in [7, 11) is -4.08. The second kappa shape index (κ2) is 9.04. The molecule has 3 rings (SSSR count). The Labute approximate surface area is 184 Å². The van der Waals surface area contributed by atoms with Crippen LogP contribution in [0.15, 0.2) is 71.6 Å². The number of aryl methyl sites for hydroxylation is 1. The summed E-state index contributed by atoms with van der Waals surface area (Å²) in [5.41, 5.74) is 1.41. The summed E-state index contributed by atoms with van der Waals surface area (Å²) >= 11 is 12.0. The van der Waals surface area contributed by atoms with Crippen molar-refractivity contribution in [3.63, 3.8) is 0 Å². The number of benzene rings is 3. The molecule has 5 nitrogen and oxygen atoms in total. The van der Waals surface area contributed by atoms with E-state index < -0.39 is 28.3 Å². The van der Waals surface area contributed by atoms with Crippen LogP contribution < -0.4 is 9.62 Å². The van der Waals surface area contributed by atoms with Gasteiger partial charge < -0.3 is 5.32 Å².